The molecule has 0 unspecified atom stereocenters. The molecule has 6 aliphatic heterocycles. The molecule has 6 saturated heterocycles. The molecule has 736 valence electrons. The van der Waals surface area contributed by atoms with Crippen LogP contribution in [-0.2, 0) is 39.8 Å². The van der Waals surface area contributed by atoms with Crippen LogP contribution in [0.4, 0.5) is 34.1 Å². The Hall–Kier alpha value is -14.0. The van der Waals surface area contributed by atoms with E-state index in [2.05, 4.69) is 407 Å². The Labute approximate surface area is 851 Å². The molecule has 12 heterocycles. The van der Waals surface area contributed by atoms with Gasteiger partial charge in [-0.25, -0.2) is 0 Å². The molecule has 7 fully saturated rings. The lowest BCUT2D eigenvalue weighted by molar-refractivity contribution is 0.425. The average molecular weight is 1930 g/mol. The van der Waals surface area contributed by atoms with Gasteiger partial charge in [-0.2, -0.15) is 25.9 Å². The molecular weight excluding hydrogens is 1790 g/mol. The molecule has 10 N–H and O–H groups in total. The van der Waals surface area contributed by atoms with Crippen LogP contribution in [0, 0.1) is 28.6 Å². The molecule has 0 spiro atoms. The lowest BCUT2D eigenvalue weighted by Gasteiger charge is -2.36. The van der Waals surface area contributed by atoms with Gasteiger partial charge in [0.2, 0.25) is 0 Å². The number of H-pyrrole nitrogens is 4. The second-order valence-corrected chi connectivity index (χ2v) is 41.0. The quantitative estimate of drug-likeness (QED) is 0.0271. The summed E-state index contributed by atoms with van der Waals surface area (Å²) >= 11 is 1.57. The Morgan fingerprint density at radius 1 is 0.312 bits per heavy atom. The third-order valence-electron chi connectivity index (χ3n) is 30.2. The Morgan fingerprint density at radius 3 is 1.17 bits per heavy atom. The number of fused-ring (bicyclic) bond motifs is 7. The smallest absolute Gasteiger partial charge is 0.115 e. The Kier molecular flexibility index (Phi) is 32.7. The lowest BCUT2D eigenvalue weighted by Crippen LogP contribution is -2.44. The number of nitrogens with zero attached hydrogens (tertiary/aromatic N) is 11. The number of aromatic nitrogens is 7. The summed E-state index contributed by atoms with van der Waals surface area (Å²) < 4.78 is 3.37. The molecular formula is C122H137N21S. The van der Waals surface area contributed by atoms with Gasteiger partial charge in [0.1, 0.15) is 28.0 Å². The molecule has 22 heteroatoms. The van der Waals surface area contributed by atoms with Crippen LogP contribution in [-0.4, -0.2) is 156 Å². The minimum atomic E-state index is 0.517. The largest absolute Gasteiger partial charge is 0.368 e. The van der Waals surface area contributed by atoms with E-state index in [4.69, 9.17) is 5.26 Å². The van der Waals surface area contributed by atoms with Gasteiger partial charge >= 0.3 is 0 Å². The number of anilines is 6. The van der Waals surface area contributed by atoms with Crippen molar-refractivity contribution in [1.29, 1.82) is 10.5 Å². The van der Waals surface area contributed by atoms with Crippen molar-refractivity contribution < 1.29 is 0 Å². The number of hydrogen-bond donors (Lipinski definition) is 10. The number of piperidine rings is 6. The number of aromatic amines is 4. The van der Waals surface area contributed by atoms with Gasteiger partial charge in [0.05, 0.1) is 5.56 Å². The molecule has 0 amide bonds. The zero-order chi connectivity index (χ0) is 97.4. The van der Waals surface area contributed by atoms with Crippen molar-refractivity contribution in [2.75, 3.05) is 114 Å². The van der Waals surface area contributed by atoms with Gasteiger partial charge in [0.25, 0.3) is 0 Å². The summed E-state index contributed by atoms with van der Waals surface area (Å²) in [5.74, 6) is 0.937. The van der Waals surface area contributed by atoms with Gasteiger partial charge in [0, 0.05) is 190 Å². The molecule has 1 aliphatic carbocycles. The summed E-state index contributed by atoms with van der Waals surface area (Å²) in [6.07, 6.45) is 25.1. The summed E-state index contributed by atoms with van der Waals surface area (Å²) in [5, 5.41) is 59.2. The summed E-state index contributed by atoms with van der Waals surface area (Å²) in [4.78, 5) is 26.0. The average Bonchev–Trinajstić information content (AvgIpc) is 1.62. The molecule has 1 saturated carbocycles. The summed E-state index contributed by atoms with van der Waals surface area (Å²) in [6, 6.07) is 115. The van der Waals surface area contributed by atoms with E-state index in [9.17, 15) is 5.26 Å². The number of aryl methyl sites for hydroxylation is 1. The van der Waals surface area contributed by atoms with Crippen LogP contribution in [0.5, 0.6) is 0 Å². The van der Waals surface area contributed by atoms with E-state index in [1.165, 1.54) is 186 Å². The number of rotatable bonds is 24. The molecule has 0 radical (unpaired) electrons. The highest BCUT2D eigenvalue weighted by Crippen LogP contribution is 2.39. The topological polar surface area (TPSA) is 233 Å². The van der Waals surface area contributed by atoms with Gasteiger partial charge < -0.3 is 80.8 Å². The summed E-state index contributed by atoms with van der Waals surface area (Å²) in [6.45, 7) is 19.1. The highest BCUT2D eigenvalue weighted by atomic mass is 32.1. The van der Waals surface area contributed by atoms with Crippen LogP contribution in [0.2, 0.25) is 0 Å². The maximum atomic E-state index is 9.35. The van der Waals surface area contributed by atoms with Gasteiger partial charge in [0.15, 0.2) is 0 Å². The second-order valence-electron chi connectivity index (χ2n) is 39.9. The lowest BCUT2D eigenvalue weighted by atomic mass is 10.0. The first-order valence-corrected chi connectivity index (χ1v) is 53.4. The normalized spacial score (nSPS) is 16.1. The van der Waals surface area contributed by atoms with Crippen LogP contribution in [0.15, 0.2) is 322 Å². The fourth-order valence-electron chi connectivity index (χ4n) is 22.1. The van der Waals surface area contributed by atoms with Gasteiger partial charge in [-0.05, 0) is 358 Å². The van der Waals surface area contributed by atoms with Crippen molar-refractivity contribution in [3.63, 3.8) is 0 Å². The Morgan fingerprint density at radius 2 is 0.701 bits per heavy atom. The van der Waals surface area contributed by atoms with Crippen LogP contribution in [0.1, 0.15) is 128 Å². The molecule has 0 atom stereocenters. The monoisotopic (exact) mass is 1930 g/mol. The Bertz CT molecular complexity index is 7170. The van der Waals surface area contributed by atoms with Crippen LogP contribution in [0.25, 0.3) is 75.5 Å². The minimum absolute atomic E-state index is 0.517. The number of benzene rings is 12. The van der Waals surface area contributed by atoms with Gasteiger partial charge in [-0.15, -0.1) is 11.3 Å². The highest BCUT2D eigenvalue weighted by Gasteiger charge is 2.32. The fourth-order valence-corrected chi connectivity index (χ4v) is 22.9. The SMILES string of the molecule is Cn1ccc2cc(N(Cc3ccccc3)C3CCNCC3)ccc21.N#Cc1c[nH]c2ccc(N(Cc3ccccc3)C3CCNCC3)cc12.N#Cc1cc2cc(N(Cc3ccccc3)C3CCNCC3)ccc2s1.c1cc2cc(N(CC3CC3)C3CCNCC3)ccc2[nH]1.c1ccc(CN(c2ccc3n[nH]nc3c2)C2CCNCC2)cc1.c1ccc2cc(CN(c3ccc4[nH]ccc4c3)C3CCNCC3)ccc2c1. The van der Waals surface area contributed by atoms with Crippen molar-refractivity contribution in [1.82, 2.24) is 66.8 Å². The molecule has 18 aromatic rings. The predicted molar refractivity (Wildman–Crippen MR) is 599 cm³/mol. The minimum Gasteiger partial charge on any atom is -0.368 e. The first-order chi connectivity index (χ1) is 71.2. The van der Waals surface area contributed by atoms with E-state index in [0.29, 0.717) is 41.8 Å². The maximum absolute atomic E-state index is 9.35. The predicted octanol–water partition coefficient (Wildman–Crippen LogP) is 23.2. The molecule has 144 heavy (non-hydrogen) atoms. The van der Waals surface area contributed by atoms with Crippen molar-refractivity contribution in [3.8, 4) is 12.1 Å². The molecule has 0 bridgehead atoms. The zero-order valence-corrected chi connectivity index (χ0v) is 83.9. The van der Waals surface area contributed by atoms with E-state index in [1.54, 1.807) is 17.5 Å². The number of nitriles is 2. The summed E-state index contributed by atoms with van der Waals surface area (Å²) in [7, 11) is 2.11. The first-order valence-electron chi connectivity index (χ1n) is 52.6. The van der Waals surface area contributed by atoms with E-state index in [1.807, 2.05) is 24.5 Å². The van der Waals surface area contributed by atoms with E-state index in [0.717, 1.165) is 170 Å². The number of nitrogens with one attached hydrogen (secondary N) is 10. The van der Waals surface area contributed by atoms with Gasteiger partial charge in [-0.3, -0.25) is 0 Å². The van der Waals surface area contributed by atoms with Crippen molar-refractivity contribution in [2.45, 2.75) is 159 Å². The molecule has 12 aromatic carbocycles. The molecule has 25 rings (SSSR count). The second kappa shape index (κ2) is 48.4. The van der Waals surface area contributed by atoms with E-state index >= 15 is 0 Å². The Balaban J connectivity index is 0.000000106. The van der Waals surface area contributed by atoms with Crippen LogP contribution < -0.4 is 61.3 Å². The van der Waals surface area contributed by atoms with E-state index in [-0.39, 0.29) is 0 Å². The van der Waals surface area contributed by atoms with Crippen molar-refractivity contribution in [3.05, 3.63) is 360 Å². The highest BCUT2D eigenvalue weighted by molar-refractivity contribution is 7.19. The molecule has 21 nitrogen and oxygen atoms in total. The maximum Gasteiger partial charge on any atom is 0.115 e. The van der Waals surface area contributed by atoms with Crippen molar-refractivity contribution >= 4 is 121 Å². The number of hydrogen-bond acceptors (Lipinski definition) is 17. The first kappa shape index (κ1) is 97.4. The van der Waals surface area contributed by atoms with E-state index < -0.39 is 0 Å². The standard InChI is InChI=1S/C24H25N3.C21H22N4.C21H21N3S.C21H25N3.C18H21N5.C17H23N3/c1-2-4-20-15-18(5-6-19(20)3-1)17-27(22-10-12-25-13-11-22)23-7-8-24-21(16-23)9-14-26-24;22-13-17-14-24-21-7-6-19(12-20(17)21)25(18-8-10-23-11-9-18)15-16-4-2-1-3-5-16;22-14-20-13-17-12-19(6-7-21(17)25-20)24(18-8-10-23-11-9-18)15-16-4-2-1-3-5-16;1-23-14-11-18-15-20(7-8-21(18)23)24(19-9-12-22-13-10-19)16-17-5-3-2-4-6-17;1-2-4-14(5-3-1)13-23(15-8-10-19-11-9-15)16-6-7-17-18(12-16)21-22-20-17;1-2-13(1)12-20(15-6-8-18-9-7-15)16-3-4-17-14(11-16)5-10-19-17/h1-9,14-16,22,25-26H,10-13,17H2;1-7,12,14,18,23-24H,8-11,15H2;1-7,12-13,18,23H,8-11,15H2;2-8,11,14-15,19,22H,9-10,12-13,16H2,1H3;1-7,12,15,19H,8-11,13H2,(H,20,21,22);3-5,10-11,13,15,18-19H,1-2,6-9,12H2. The third kappa shape index (κ3) is 25.0. The molecule has 7 aliphatic rings. The zero-order valence-electron chi connectivity index (χ0n) is 83.1. The fraction of sp³-hybridized carbons (Fsp3) is 0.328. The van der Waals surface area contributed by atoms with Gasteiger partial charge in [-0.1, -0.05) is 158 Å². The number of thiophene rings is 1. The third-order valence-corrected chi connectivity index (χ3v) is 31.2. The van der Waals surface area contributed by atoms with Crippen molar-refractivity contribution in [2.24, 2.45) is 13.0 Å². The van der Waals surface area contributed by atoms with Crippen LogP contribution >= 0.6 is 11.3 Å². The van der Waals surface area contributed by atoms with Crippen LogP contribution in [0.3, 0.4) is 0 Å². The molecule has 6 aromatic heterocycles. The summed E-state index contributed by atoms with van der Waals surface area (Å²) in [5.41, 5.74) is 21.8.